The number of hydrogen-bond donors (Lipinski definition) is 2. The molecule has 1 rings (SSSR count). The highest BCUT2D eigenvalue weighted by atomic mass is 32.2. The number of rotatable bonds is 10. The molecule has 0 fully saturated rings. The normalized spacial score (nSPS) is 11.7. The molecule has 0 saturated carbocycles. The van der Waals surface area contributed by atoms with Crippen molar-refractivity contribution in [2.75, 3.05) is 33.5 Å². The van der Waals surface area contributed by atoms with Gasteiger partial charge in [0.1, 0.15) is 10.6 Å². The van der Waals surface area contributed by atoms with Crippen LogP contribution in [0.4, 0.5) is 0 Å². The minimum absolute atomic E-state index is 0.0131. The van der Waals surface area contributed by atoms with Crippen LogP contribution in [0.2, 0.25) is 0 Å². The van der Waals surface area contributed by atoms with E-state index in [4.69, 9.17) is 15.2 Å². The molecule has 120 valence electrons. The molecule has 1 aromatic rings. The number of nitrogens with one attached hydrogen (secondary N) is 1. The molecule has 0 saturated heterocycles. The zero-order chi connectivity index (χ0) is 15.9. The summed E-state index contributed by atoms with van der Waals surface area (Å²) in [5, 5.41) is 0. The van der Waals surface area contributed by atoms with E-state index in [0.29, 0.717) is 26.2 Å². The van der Waals surface area contributed by atoms with E-state index in [1.165, 1.54) is 16.8 Å². The summed E-state index contributed by atoms with van der Waals surface area (Å²) in [5.74, 6) is -0.675. The van der Waals surface area contributed by atoms with E-state index in [1.807, 2.05) is 0 Å². The first-order valence-electron chi connectivity index (χ1n) is 6.41. The van der Waals surface area contributed by atoms with Crippen molar-refractivity contribution in [1.29, 1.82) is 0 Å². The summed E-state index contributed by atoms with van der Waals surface area (Å²) in [6, 6.07) is 1.25. The van der Waals surface area contributed by atoms with E-state index in [2.05, 4.69) is 4.72 Å². The highest BCUT2D eigenvalue weighted by Crippen LogP contribution is 2.12. The Balaban J connectivity index is 2.47. The van der Waals surface area contributed by atoms with Gasteiger partial charge in [0.15, 0.2) is 0 Å². The Labute approximate surface area is 124 Å². The molecule has 9 heteroatoms. The molecule has 8 nitrogen and oxygen atoms in total. The molecule has 1 heterocycles. The molecule has 0 bridgehead atoms. The Hall–Kier alpha value is -1.42. The van der Waals surface area contributed by atoms with Crippen molar-refractivity contribution in [2.24, 2.45) is 12.8 Å². The second-order valence-corrected chi connectivity index (χ2v) is 6.16. The van der Waals surface area contributed by atoms with E-state index in [1.54, 1.807) is 14.2 Å². The number of ether oxygens (including phenoxy) is 2. The van der Waals surface area contributed by atoms with E-state index in [-0.39, 0.29) is 17.1 Å². The third-order valence-corrected chi connectivity index (χ3v) is 4.16. The first-order chi connectivity index (χ1) is 9.88. The number of nitrogens with zero attached hydrogens (tertiary/aromatic N) is 1. The van der Waals surface area contributed by atoms with Crippen LogP contribution >= 0.6 is 0 Å². The maximum Gasteiger partial charge on any atom is 0.265 e. The average molecular weight is 319 g/mol. The molecular formula is C12H21N3O5S. The van der Waals surface area contributed by atoms with Gasteiger partial charge in [-0.1, -0.05) is 0 Å². The van der Waals surface area contributed by atoms with Gasteiger partial charge in [-0.05, 0) is 12.5 Å². The molecule has 21 heavy (non-hydrogen) atoms. The van der Waals surface area contributed by atoms with Gasteiger partial charge in [0.25, 0.3) is 5.91 Å². The smallest absolute Gasteiger partial charge is 0.265 e. The molecule has 1 amide bonds. The van der Waals surface area contributed by atoms with Crippen molar-refractivity contribution >= 4 is 15.9 Å². The Morgan fingerprint density at radius 3 is 2.67 bits per heavy atom. The van der Waals surface area contributed by atoms with Gasteiger partial charge in [-0.3, -0.25) is 4.79 Å². The summed E-state index contributed by atoms with van der Waals surface area (Å²) in [6.07, 6.45) is 1.88. The number of carbonyl (C=O) groups is 1. The number of aromatic nitrogens is 1. The van der Waals surface area contributed by atoms with Gasteiger partial charge >= 0.3 is 0 Å². The molecule has 0 aliphatic rings. The summed E-state index contributed by atoms with van der Waals surface area (Å²) in [6.45, 7) is 1.67. The van der Waals surface area contributed by atoms with Crippen LogP contribution in [0.5, 0.6) is 0 Å². The van der Waals surface area contributed by atoms with Gasteiger partial charge in [0.2, 0.25) is 10.0 Å². The van der Waals surface area contributed by atoms with Crippen molar-refractivity contribution in [1.82, 2.24) is 9.29 Å². The van der Waals surface area contributed by atoms with Crippen LogP contribution in [0.15, 0.2) is 17.2 Å². The Morgan fingerprint density at radius 1 is 1.38 bits per heavy atom. The van der Waals surface area contributed by atoms with Crippen LogP contribution < -0.4 is 10.5 Å². The highest BCUT2D eigenvalue weighted by Gasteiger charge is 2.18. The first-order valence-corrected chi connectivity index (χ1v) is 7.89. The summed E-state index contributed by atoms with van der Waals surface area (Å²) < 4.78 is 37.9. The molecule has 3 N–H and O–H groups in total. The number of nitrogens with two attached hydrogens (primary N) is 1. The van der Waals surface area contributed by atoms with Gasteiger partial charge in [-0.15, -0.1) is 0 Å². The molecule has 0 aliphatic carbocycles. The van der Waals surface area contributed by atoms with Crippen molar-refractivity contribution in [3.05, 3.63) is 18.0 Å². The van der Waals surface area contributed by atoms with E-state index in [0.717, 1.165) is 0 Å². The second kappa shape index (κ2) is 8.13. The Kier molecular flexibility index (Phi) is 6.82. The lowest BCUT2D eigenvalue weighted by Crippen LogP contribution is -2.25. The van der Waals surface area contributed by atoms with Crippen molar-refractivity contribution in [2.45, 2.75) is 11.3 Å². The SMILES string of the molecule is COCCOCCCNS(=O)(=O)c1cc(C(N)=O)n(C)c1. The molecule has 0 radical (unpaired) electrons. The van der Waals surface area contributed by atoms with Gasteiger partial charge in [0, 0.05) is 33.5 Å². The summed E-state index contributed by atoms with van der Waals surface area (Å²) in [7, 11) is -0.512. The van der Waals surface area contributed by atoms with Crippen molar-refractivity contribution in [3.63, 3.8) is 0 Å². The highest BCUT2D eigenvalue weighted by molar-refractivity contribution is 7.89. The largest absolute Gasteiger partial charge is 0.382 e. The number of primary amides is 1. The fourth-order valence-electron chi connectivity index (χ4n) is 1.63. The maximum atomic E-state index is 12.0. The number of hydrogen-bond acceptors (Lipinski definition) is 5. The summed E-state index contributed by atoms with van der Waals surface area (Å²) in [5.41, 5.74) is 5.29. The van der Waals surface area contributed by atoms with E-state index >= 15 is 0 Å². The fraction of sp³-hybridized carbons (Fsp3) is 0.583. The van der Waals surface area contributed by atoms with Crippen molar-refractivity contribution < 1.29 is 22.7 Å². The summed E-state index contributed by atoms with van der Waals surface area (Å²) >= 11 is 0. The monoisotopic (exact) mass is 319 g/mol. The van der Waals surface area contributed by atoms with Crippen LogP contribution in [-0.2, 0) is 26.5 Å². The average Bonchev–Trinajstić information content (AvgIpc) is 2.81. The lowest BCUT2D eigenvalue weighted by atomic mass is 10.4. The van der Waals surface area contributed by atoms with Gasteiger partial charge in [-0.2, -0.15) is 0 Å². The number of methoxy groups -OCH3 is 1. The van der Waals surface area contributed by atoms with E-state index < -0.39 is 15.9 Å². The predicted octanol–water partition coefficient (Wildman–Crippen LogP) is -0.545. The second-order valence-electron chi connectivity index (χ2n) is 4.39. The predicted molar refractivity (Wildman–Crippen MR) is 76.4 cm³/mol. The quantitative estimate of drug-likeness (QED) is 0.562. The fourth-order valence-corrected chi connectivity index (χ4v) is 2.78. The lowest BCUT2D eigenvalue weighted by molar-refractivity contribution is 0.0699. The minimum atomic E-state index is -3.65. The van der Waals surface area contributed by atoms with Crippen LogP contribution in [0.25, 0.3) is 0 Å². The number of sulfonamides is 1. The van der Waals surface area contributed by atoms with Crippen LogP contribution in [0.1, 0.15) is 16.9 Å². The molecule has 0 aliphatic heterocycles. The third kappa shape index (κ3) is 5.46. The Morgan fingerprint density at radius 2 is 2.10 bits per heavy atom. The van der Waals surface area contributed by atoms with Crippen LogP contribution in [0, 0.1) is 0 Å². The third-order valence-electron chi connectivity index (χ3n) is 2.73. The zero-order valence-corrected chi connectivity index (χ0v) is 13.0. The van der Waals surface area contributed by atoms with Gasteiger partial charge < -0.3 is 19.8 Å². The minimum Gasteiger partial charge on any atom is -0.382 e. The molecule has 1 aromatic heterocycles. The zero-order valence-electron chi connectivity index (χ0n) is 12.2. The molecule has 0 atom stereocenters. The van der Waals surface area contributed by atoms with E-state index in [9.17, 15) is 13.2 Å². The number of carbonyl (C=O) groups excluding carboxylic acids is 1. The van der Waals surface area contributed by atoms with Gasteiger partial charge in [-0.25, -0.2) is 13.1 Å². The number of aryl methyl sites for hydroxylation is 1. The molecule has 0 unspecified atom stereocenters. The molecule has 0 spiro atoms. The summed E-state index contributed by atoms with van der Waals surface area (Å²) in [4.78, 5) is 11.1. The maximum absolute atomic E-state index is 12.0. The van der Waals surface area contributed by atoms with Crippen molar-refractivity contribution in [3.8, 4) is 0 Å². The Bertz CT molecular complexity index is 567. The first kappa shape index (κ1) is 17.6. The topological polar surface area (TPSA) is 113 Å². The standard InChI is InChI=1S/C12H21N3O5S/c1-15-9-10(8-11(15)12(13)16)21(17,18)14-4-3-5-20-7-6-19-2/h8-9,14H,3-7H2,1-2H3,(H2,13,16). The lowest BCUT2D eigenvalue weighted by Gasteiger charge is -2.05. The number of amides is 1. The van der Waals surface area contributed by atoms with Crippen LogP contribution in [0.3, 0.4) is 0 Å². The molecule has 0 aromatic carbocycles. The molecular weight excluding hydrogens is 298 g/mol. The van der Waals surface area contributed by atoms with Crippen LogP contribution in [-0.4, -0.2) is 52.4 Å². The van der Waals surface area contributed by atoms with Gasteiger partial charge in [0.05, 0.1) is 13.2 Å².